The van der Waals surface area contributed by atoms with Crippen molar-refractivity contribution in [3.05, 3.63) is 22.0 Å². The van der Waals surface area contributed by atoms with E-state index in [9.17, 15) is 4.79 Å². The quantitative estimate of drug-likeness (QED) is 0.833. The number of aryl methyl sites for hydroxylation is 2. The van der Waals surface area contributed by atoms with Gasteiger partial charge in [0.15, 0.2) is 0 Å². The van der Waals surface area contributed by atoms with Crippen molar-refractivity contribution in [2.24, 2.45) is 0 Å². The van der Waals surface area contributed by atoms with Gasteiger partial charge < -0.3 is 5.32 Å². The van der Waals surface area contributed by atoms with Crippen LogP contribution in [0.25, 0.3) is 10.2 Å². The molecule has 5 nitrogen and oxygen atoms in total. The monoisotopic (exact) mass is 388 g/mol. The van der Waals surface area contributed by atoms with Crippen molar-refractivity contribution in [2.75, 3.05) is 19.6 Å². The zero-order chi connectivity index (χ0) is 19.8. The predicted molar refractivity (Wildman–Crippen MR) is 113 cm³/mol. The SMILES string of the molecule is CCC(CNC(=O)c1sc2nc(C(C)(C)C)nc(C)c2c1C)N1CCCC1. The Balaban J connectivity index is 1.82. The van der Waals surface area contributed by atoms with Gasteiger partial charge in [0.25, 0.3) is 5.91 Å². The molecule has 0 aromatic carbocycles. The molecule has 1 amide bonds. The predicted octanol–water partition coefficient (Wildman–Crippen LogP) is 4.21. The Morgan fingerprint density at radius 2 is 1.89 bits per heavy atom. The third kappa shape index (κ3) is 4.16. The number of carbonyl (C=O) groups is 1. The zero-order valence-electron chi connectivity index (χ0n) is 17.5. The molecule has 0 spiro atoms. The first kappa shape index (κ1) is 20.2. The minimum atomic E-state index is -0.108. The molecule has 148 valence electrons. The molecule has 2 aromatic heterocycles. The fraction of sp³-hybridized carbons (Fsp3) is 0.667. The Morgan fingerprint density at radius 3 is 2.48 bits per heavy atom. The molecule has 1 unspecified atom stereocenters. The first-order valence-electron chi connectivity index (χ1n) is 10.0. The maximum absolute atomic E-state index is 12.9. The van der Waals surface area contributed by atoms with E-state index in [1.165, 1.54) is 24.2 Å². The summed E-state index contributed by atoms with van der Waals surface area (Å²) in [4.78, 5) is 26.6. The van der Waals surface area contributed by atoms with Crippen LogP contribution >= 0.6 is 11.3 Å². The first-order valence-corrected chi connectivity index (χ1v) is 10.8. The molecule has 1 saturated heterocycles. The van der Waals surface area contributed by atoms with Gasteiger partial charge in [0.2, 0.25) is 0 Å². The number of amides is 1. The number of thiophene rings is 1. The molecule has 0 bridgehead atoms. The number of rotatable bonds is 5. The summed E-state index contributed by atoms with van der Waals surface area (Å²) in [6, 6.07) is 0.431. The van der Waals surface area contributed by atoms with E-state index < -0.39 is 0 Å². The molecule has 1 atom stereocenters. The summed E-state index contributed by atoms with van der Waals surface area (Å²) >= 11 is 1.49. The second kappa shape index (κ2) is 7.84. The number of hydrogen-bond donors (Lipinski definition) is 1. The lowest BCUT2D eigenvalue weighted by Gasteiger charge is -2.26. The Kier molecular flexibility index (Phi) is 5.87. The second-order valence-corrected chi connectivity index (χ2v) is 9.63. The van der Waals surface area contributed by atoms with Gasteiger partial charge in [0.1, 0.15) is 10.7 Å². The van der Waals surface area contributed by atoms with Gasteiger partial charge in [-0.15, -0.1) is 11.3 Å². The number of carbonyl (C=O) groups excluding carboxylic acids is 1. The van der Waals surface area contributed by atoms with Gasteiger partial charge in [-0.2, -0.15) is 0 Å². The highest BCUT2D eigenvalue weighted by molar-refractivity contribution is 7.20. The Hall–Kier alpha value is -1.53. The first-order chi connectivity index (χ1) is 12.7. The van der Waals surface area contributed by atoms with Crippen molar-refractivity contribution in [1.82, 2.24) is 20.2 Å². The number of likely N-dealkylation sites (tertiary alicyclic amines) is 1. The van der Waals surface area contributed by atoms with E-state index in [1.807, 2.05) is 13.8 Å². The largest absolute Gasteiger partial charge is 0.350 e. The average molecular weight is 389 g/mol. The van der Waals surface area contributed by atoms with Gasteiger partial charge in [-0.1, -0.05) is 27.7 Å². The van der Waals surface area contributed by atoms with Crippen molar-refractivity contribution in [3.8, 4) is 0 Å². The number of nitrogens with one attached hydrogen (secondary N) is 1. The lowest BCUT2D eigenvalue weighted by atomic mass is 9.95. The molecule has 0 saturated carbocycles. The minimum absolute atomic E-state index is 0.0184. The van der Waals surface area contributed by atoms with Crippen LogP contribution in [0.4, 0.5) is 0 Å². The van der Waals surface area contributed by atoms with Gasteiger partial charge in [-0.3, -0.25) is 9.69 Å². The van der Waals surface area contributed by atoms with E-state index >= 15 is 0 Å². The lowest BCUT2D eigenvalue weighted by Crippen LogP contribution is -2.42. The van der Waals surface area contributed by atoms with Crippen LogP contribution in [0.5, 0.6) is 0 Å². The van der Waals surface area contributed by atoms with Gasteiger partial charge in [0, 0.05) is 23.4 Å². The molecule has 2 aromatic rings. The molecular weight excluding hydrogens is 356 g/mol. The highest BCUT2D eigenvalue weighted by Crippen LogP contribution is 2.33. The number of aromatic nitrogens is 2. The summed E-state index contributed by atoms with van der Waals surface area (Å²) in [6.45, 7) is 15.6. The van der Waals surface area contributed by atoms with Crippen molar-refractivity contribution >= 4 is 27.5 Å². The molecule has 27 heavy (non-hydrogen) atoms. The maximum Gasteiger partial charge on any atom is 0.261 e. The Labute approximate surface area is 166 Å². The fourth-order valence-electron chi connectivity index (χ4n) is 3.82. The topological polar surface area (TPSA) is 58.1 Å². The van der Waals surface area contributed by atoms with Crippen LogP contribution < -0.4 is 5.32 Å². The molecule has 0 aliphatic carbocycles. The number of nitrogens with zero attached hydrogens (tertiary/aromatic N) is 3. The van der Waals surface area contributed by atoms with E-state index in [2.05, 4.69) is 37.9 Å². The maximum atomic E-state index is 12.9. The molecule has 1 fully saturated rings. The molecule has 1 aliphatic heterocycles. The summed E-state index contributed by atoms with van der Waals surface area (Å²) in [6.07, 6.45) is 3.60. The van der Waals surface area contributed by atoms with Crippen molar-refractivity contribution in [3.63, 3.8) is 0 Å². The third-order valence-corrected chi connectivity index (χ3v) is 6.66. The van der Waals surface area contributed by atoms with Crippen molar-refractivity contribution in [2.45, 2.75) is 72.3 Å². The molecular formula is C21H32N4OS. The van der Waals surface area contributed by atoms with Crippen molar-refractivity contribution in [1.29, 1.82) is 0 Å². The summed E-state index contributed by atoms with van der Waals surface area (Å²) in [5, 5.41) is 4.21. The van der Waals surface area contributed by atoms with E-state index in [1.54, 1.807) is 0 Å². The molecule has 0 radical (unpaired) electrons. The Bertz CT molecular complexity index is 831. The molecule has 1 N–H and O–H groups in total. The van der Waals surface area contributed by atoms with Gasteiger partial charge in [-0.05, 0) is 51.8 Å². The van der Waals surface area contributed by atoms with Crippen LogP contribution in [0.2, 0.25) is 0 Å². The second-order valence-electron chi connectivity index (χ2n) is 8.63. The minimum Gasteiger partial charge on any atom is -0.350 e. The van der Waals surface area contributed by atoms with Crippen LogP contribution in [-0.4, -0.2) is 46.5 Å². The molecule has 1 aliphatic rings. The summed E-state index contributed by atoms with van der Waals surface area (Å²) in [7, 11) is 0. The number of fused-ring (bicyclic) bond motifs is 1. The third-order valence-electron chi connectivity index (χ3n) is 5.47. The highest BCUT2D eigenvalue weighted by atomic mass is 32.1. The standard InChI is InChI=1S/C21H32N4OS/c1-7-15(25-10-8-9-11-25)12-22-18(26)17-13(2)16-14(3)23-20(21(4,5)6)24-19(16)27-17/h15H,7-12H2,1-6H3,(H,22,26). The summed E-state index contributed by atoms with van der Waals surface area (Å²) in [5.41, 5.74) is 1.85. The summed E-state index contributed by atoms with van der Waals surface area (Å²) < 4.78 is 0. The van der Waals surface area contributed by atoms with Crippen LogP contribution in [0.3, 0.4) is 0 Å². The molecule has 3 rings (SSSR count). The van der Waals surface area contributed by atoms with Gasteiger partial charge in [-0.25, -0.2) is 9.97 Å². The molecule has 3 heterocycles. The highest BCUT2D eigenvalue weighted by Gasteiger charge is 2.25. The normalized spacial score (nSPS) is 16.8. The van der Waals surface area contributed by atoms with E-state index in [0.717, 1.165) is 51.7 Å². The zero-order valence-corrected chi connectivity index (χ0v) is 18.3. The van der Waals surface area contributed by atoms with Crippen LogP contribution in [0.15, 0.2) is 0 Å². The van der Waals surface area contributed by atoms with E-state index in [4.69, 9.17) is 9.97 Å². The van der Waals surface area contributed by atoms with Crippen molar-refractivity contribution < 1.29 is 4.79 Å². The molecule has 6 heteroatoms. The van der Waals surface area contributed by atoms with Crippen LogP contribution in [0, 0.1) is 13.8 Å². The van der Waals surface area contributed by atoms with E-state index in [0.29, 0.717) is 12.6 Å². The van der Waals surface area contributed by atoms with Gasteiger partial charge in [0.05, 0.1) is 10.6 Å². The van der Waals surface area contributed by atoms with Crippen LogP contribution in [-0.2, 0) is 5.41 Å². The smallest absolute Gasteiger partial charge is 0.261 e. The van der Waals surface area contributed by atoms with E-state index in [-0.39, 0.29) is 11.3 Å². The lowest BCUT2D eigenvalue weighted by molar-refractivity contribution is 0.0940. The van der Waals surface area contributed by atoms with Gasteiger partial charge >= 0.3 is 0 Å². The fourth-order valence-corrected chi connectivity index (χ4v) is 4.97. The Morgan fingerprint density at radius 1 is 1.22 bits per heavy atom. The van der Waals surface area contributed by atoms with Crippen LogP contribution in [0.1, 0.15) is 73.7 Å². The number of hydrogen-bond acceptors (Lipinski definition) is 5. The average Bonchev–Trinajstić information content (AvgIpc) is 3.23. The summed E-state index contributed by atoms with van der Waals surface area (Å²) in [5.74, 6) is 0.852.